The predicted molar refractivity (Wildman–Crippen MR) is 78.2 cm³/mol. The van der Waals surface area contributed by atoms with Crippen LogP contribution in [0.1, 0.15) is 6.42 Å². The molecule has 21 heavy (non-hydrogen) atoms. The van der Waals surface area contributed by atoms with Gasteiger partial charge >= 0.3 is 0 Å². The summed E-state index contributed by atoms with van der Waals surface area (Å²) in [6, 6.07) is 8.48. The summed E-state index contributed by atoms with van der Waals surface area (Å²) in [6.45, 7) is 1.52. The van der Waals surface area contributed by atoms with E-state index in [1.54, 1.807) is 37.4 Å². The number of benzene rings is 1. The van der Waals surface area contributed by atoms with Crippen molar-refractivity contribution >= 4 is 10.0 Å². The van der Waals surface area contributed by atoms with Gasteiger partial charge in [0.25, 0.3) is 0 Å². The Hall–Kier alpha value is -1.70. The second-order valence-electron chi connectivity index (χ2n) is 5.04. The van der Waals surface area contributed by atoms with E-state index in [4.69, 9.17) is 4.52 Å². The van der Waals surface area contributed by atoms with Crippen LogP contribution in [0.25, 0.3) is 11.3 Å². The van der Waals surface area contributed by atoms with Gasteiger partial charge < -0.3 is 9.84 Å². The lowest BCUT2D eigenvalue weighted by molar-refractivity contribution is 0.387. The van der Waals surface area contributed by atoms with Gasteiger partial charge in [-0.3, -0.25) is 0 Å². The Morgan fingerprint density at radius 3 is 2.81 bits per heavy atom. The van der Waals surface area contributed by atoms with E-state index in [0.29, 0.717) is 17.9 Å². The molecule has 1 N–H and O–H groups in total. The summed E-state index contributed by atoms with van der Waals surface area (Å²) in [5.74, 6) is 0.451. The molecule has 1 aromatic carbocycles. The monoisotopic (exact) mass is 307 g/mol. The zero-order chi connectivity index (χ0) is 14.9. The fourth-order valence-corrected chi connectivity index (χ4v) is 4.13. The van der Waals surface area contributed by atoms with Gasteiger partial charge in [0, 0.05) is 31.3 Å². The van der Waals surface area contributed by atoms with E-state index in [0.717, 1.165) is 13.0 Å². The largest absolute Gasteiger partial charge is 0.356 e. The first-order valence-electron chi connectivity index (χ1n) is 6.79. The molecular formula is C14H17N3O3S. The van der Waals surface area contributed by atoms with Crippen LogP contribution in [0.5, 0.6) is 0 Å². The van der Waals surface area contributed by atoms with Crippen LogP contribution in [-0.4, -0.2) is 44.1 Å². The minimum Gasteiger partial charge on any atom is -0.356 e. The summed E-state index contributed by atoms with van der Waals surface area (Å²) < 4.78 is 32.3. The molecule has 0 bridgehead atoms. The summed E-state index contributed by atoms with van der Waals surface area (Å²) in [5.41, 5.74) is 0.535. The van der Waals surface area contributed by atoms with Crippen LogP contribution < -0.4 is 5.32 Å². The highest BCUT2D eigenvalue weighted by atomic mass is 32.2. The van der Waals surface area contributed by atoms with Gasteiger partial charge in [0.05, 0.1) is 11.1 Å². The van der Waals surface area contributed by atoms with Gasteiger partial charge in [0.1, 0.15) is 0 Å². The molecule has 1 aliphatic heterocycles. The van der Waals surface area contributed by atoms with Gasteiger partial charge in [0.15, 0.2) is 5.76 Å². The molecule has 1 atom stereocenters. The van der Waals surface area contributed by atoms with Crippen molar-refractivity contribution in [1.29, 1.82) is 0 Å². The van der Waals surface area contributed by atoms with E-state index in [1.807, 2.05) is 0 Å². The summed E-state index contributed by atoms with van der Waals surface area (Å²) in [7, 11) is -1.94. The standard InChI is InChI=1S/C14H17N3O3S/c1-17(11-6-8-15-10-11)21(18,19)14-5-3-2-4-12(14)13-7-9-16-20-13/h2-5,7,9,11,15H,6,8,10H2,1H3. The molecule has 7 heteroatoms. The number of nitrogens with zero attached hydrogens (tertiary/aromatic N) is 2. The van der Waals surface area contributed by atoms with Crippen molar-refractivity contribution in [2.24, 2.45) is 0 Å². The highest BCUT2D eigenvalue weighted by Crippen LogP contribution is 2.29. The summed E-state index contributed by atoms with van der Waals surface area (Å²) in [5, 5.41) is 6.83. The first-order chi connectivity index (χ1) is 10.1. The first kappa shape index (κ1) is 14.2. The number of aromatic nitrogens is 1. The highest BCUT2D eigenvalue weighted by molar-refractivity contribution is 7.89. The number of hydrogen-bond donors (Lipinski definition) is 1. The third kappa shape index (κ3) is 2.59. The minimum absolute atomic E-state index is 0.0159. The van der Waals surface area contributed by atoms with E-state index in [-0.39, 0.29) is 10.9 Å². The van der Waals surface area contributed by atoms with Gasteiger partial charge in [-0.05, 0) is 25.1 Å². The third-order valence-electron chi connectivity index (χ3n) is 3.80. The molecule has 0 radical (unpaired) electrons. The van der Waals surface area contributed by atoms with Crippen molar-refractivity contribution in [3.63, 3.8) is 0 Å². The summed E-state index contributed by atoms with van der Waals surface area (Å²) in [4.78, 5) is 0.246. The molecule has 1 aromatic heterocycles. The third-order valence-corrected chi connectivity index (χ3v) is 5.76. The maximum atomic E-state index is 12.9. The van der Waals surface area contributed by atoms with Gasteiger partial charge in [-0.1, -0.05) is 17.3 Å². The number of sulfonamides is 1. The molecule has 0 saturated carbocycles. The normalized spacial score (nSPS) is 19.2. The van der Waals surface area contributed by atoms with Crippen LogP contribution in [0.2, 0.25) is 0 Å². The van der Waals surface area contributed by atoms with Crippen LogP contribution in [0.3, 0.4) is 0 Å². The second-order valence-corrected chi connectivity index (χ2v) is 7.01. The van der Waals surface area contributed by atoms with Crippen LogP contribution in [0.4, 0.5) is 0 Å². The molecule has 3 rings (SSSR count). The van der Waals surface area contributed by atoms with Gasteiger partial charge in [0.2, 0.25) is 10.0 Å². The van der Waals surface area contributed by atoms with E-state index < -0.39 is 10.0 Å². The van der Waals surface area contributed by atoms with E-state index in [2.05, 4.69) is 10.5 Å². The molecule has 1 unspecified atom stereocenters. The summed E-state index contributed by atoms with van der Waals surface area (Å²) in [6.07, 6.45) is 2.32. The molecule has 0 amide bonds. The van der Waals surface area contributed by atoms with Crippen LogP contribution in [0.15, 0.2) is 45.9 Å². The fourth-order valence-electron chi connectivity index (χ4n) is 2.55. The van der Waals surface area contributed by atoms with Crippen LogP contribution >= 0.6 is 0 Å². The first-order valence-corrected chi connectivity index (χ1v) is 8.23. The lowest BCUT2D eigenvalue weighted by Crippen LogP contribution is -2.38. The number of nitrogens with one attached hydrogen (secondary N) is 1. The quantitative estimate of drug-likeness (QED) is 0.922. The van der Waals surface area contributed by atoms with Crippen molar-refractivity contribution in [3.05, 3.63) is 36.5 Å². The number of rotatable bonds is 4. The Balaban J connectivity index is 2.03. The highest BCUT2D eigenvalue weighted by Gasteiger charge is 2.32. The molecule has 1 saturated heterocycles. The molecule has 1 fully saturated rings. The van der Waals surface area contributed by atoms with Crippen molar-refractivity contribution in [2.45, 2.75) is 17.4 Å². The smallest absolute Gasteiger partial charge is 0.243 e. The van der Waals surface area contributed by atoms with Crippen molar-refractivity contribution in [1.82, 2.24) is 14.8 Å². The molecule has 6 nitrogen and oxygen atoms in total. The molecule has 2 heterocycles. The Labute approximate surface area is 123 Å². The van der Waals surface area contributed by atoms with E-state index >= 15 is 0 Å². The van der Waals surface area contributed by atoms with Gasteiger partial charge in [-0.2, -0.15) is 4.31 Å². The Bertz CT molecular complexity index is 707. The molecule has 1 aliphatic rings. The van der Waals surface area contributed by atoms with Crippen LogP contribution in [-0.2, 0) is 10.0 Å². The van der Waals surface area contributed by atoms with E-state index in [9.17, 15) is 8.42 Å². The molecule has 112 valence electrons. The molecule has 2 aromatic rings. The average Bonchev–Trinajstić information content (AvgIpc) is 3.19. The van der Waals surface area contributed by atoms with Crippen molar-refractivity contribution < 1.29 is 12.9 Å². The molecular weight excluding hydrogens is 290 g/mol. The van der Waals surface area contributed by atoms with Gasteiger partial charge in [-0.25, -0.2) is 8.42 Å². The second kappa shape index (κ2) is 5.59. The average molecular weight is 307 g/mol. The zero-order valence-corrected chi connectivity index (χ0v) is 12.5. The maximum Gasteiger partial charge on any atom is 0.243 e. The predicted octanol–water partition coefficient (Wildman–Crippen LogP) is 1.32. The molecule has 0 spiro atoms. The Kier molecular flexibility index (Phi) is 3.79. The number of likely N-dealkylation sites (N-methyl/N-ethyl adjacent to an activating group) is 1. The topological polar surface area (TPSA) is 75.4 Å². The van der Waals surface area contributed by atoms with Crippen molar-refractivity contribution in [2.75, 3.05) is 20.1 Å². The SMILES string of the molecule is CN(C1CCNC1)S(=O)(=O)c1ccccc1-c1ccno1. The Morgan fingerprint density at radius 1 is 1.33 bits per heavy atom. The van der Waals surface area contributed by atoms with E-state index in [1.165, 1.54) is 10.5 Å². The number of hydrogen-bond acceptors (Lipinski definition) is 5. The summed E-state index contributed by atoms with van der Waals surface area (Å²) >= 11 is 0. The minimum atomic E-state index is -3.57. The fraction of sp³-hybridized carbons (Fsp3) is 0.357. The van der Waals surface area contributed by atoms with Crippen LogP contribution in [0, 0.1) is 0 Å². The molecule has 0 aliphatic carbocycles. The maximum absolute atomic E-state index is 12.9. The Morgan fingerprint density at radius 2 is 2.14 bits per heavy atom. The van der Waals surface area contributed by atoms with Gasteiger partial charge in [-0.15, -0.1) is 0 Å². The lowest BCUT2D eigenvalue weighted by Gasteiger charge is -2.24. The zero-order valence-electron chi connectivity index (χ0n) is 11.7. The lowest BCUT2D eigenvalue weighted by atomic mass is 10.2. The van der Waals surface area contributed by atoms with Crippen molar-refractivity contribution in [3.8, 4) is 11.3 Å².